The Morgan fingerprint density at radius 2 is 1.95 bits per heavy atom. The van der Waals surface area contributed by atoms with Gasteiger partial charge in [0.1, 0.15) is 12.1 Å². The lowest BCUT2D eigenvalue weighted by molar-refractivity contribution is -0.152. The fourth-order valence-corrected chi connectivity index (χ4v) is 2.41. The van der Waals surface area contributed by atoms with Crippen molar-refractivity contribution in [3.05, 3.63) is 29.6 Å². The van der Waals surface area contributed by atoms with Gasteiger partial charge in [-0.05, 0) is 30.9 Å². The van der Waals surface area contributed by atoms with Gasteiger partial charge in [-0.1, -0.05) is 26.8 Å². The van der Waals surface area contributed by atoms with Crippen LogP contribution in [-0.2, 0) is 16.1 Å². The number of nitrogens with one attached hydrogen (secondary N) is 1. The smallest absolute Gasteiger partial charge is 0.246 e. The van der Waals surface area contributed by atoms with E-state index in [9.17, 15) is 9.59 Å². The first-order chi connectivity index (χ1) is 9.70. The highest BCUT2D eigenvalue weighted by atomic mass is 16.2. The molecule has 2 heterocycles. The van der Waals surface area contributed by atoms with Crippen LogP contribution in [0.25, 0.3) is 0 Å². The first-order valence-corrected chi connectivity index (χ1v) is 7.22. The lowest BCUT2D eigenvalue weighted by atomic mass is 9.84. The van der Waals surface area contributed by atoms with Gasteiger partial charge in [0.15, 0.2) is 0 Å². The van der Waals surface area contributed by atoms with Gasteiger partial charge in [-0.3, -0.25) is 14.6 Å². The van der Waals surface area contributed by atoms with E-state index in [2.05, 4.69) is 10.3 Å². The van der Waals surface area contributed by atoms with Gasteiger partial charge in [0.05, 0.1) is 0 Å². The molecule has 1 saturated heterocycles. The predicted octanol–water partition coefficient (Wildman–Crippen LogP) is 1.65. The Kier molecular flexibility index (Phi) is 4.03. The van der Waals surface area contributed by atoms with E-state index in [4.69, 9.17) is 0 Å². The molecule has 0 radical (unpaired) electrons. The van der Waals surface area contributed by atoms with Gasteiger partial charge < -0.3 is 10.2 Å². The van der Waals surface area contributed by atoms with Crippen molar-refractivity contribution in [2.45, 2.75) is 53.2 Å². The number of aryl methyl sites for hydroxylation is 1. The quantitative estimate of drug-likeness (QED) is 0.900. The molecule has 2 atom stereocenters. The highest BCUT2D eigenvalue weighted by Gasteiger charge is 2.43. The first kappa shape index (κ1) is 15.5. The van der Waals surface area contributed by atoms with E-state index in [0.717, 1.165) is 11.3 Å². The molecule has 0 spiro atoms. The largest absolute Gasteiger partial charge is 0.342 e. The first-order valence-electron chi connectivity index (χ1n) is 7.22. The summed E-state index contributed by atoms with van der Waals surface area (Å²) in [7, 11) is 0. The maximum Gasteiger partial charge on any atom is 0.246 e. The highest BCUT2D eigenvalue weighted by Crippen LogP contribution is 2.26. The minimum Gasteiger partial charge on any atom is -0.342 e. The number of hydrogen-bond acceptors (Lipinski definition) is 3. The van der Waals surface area contributed by atoms with Gasteiger partial charge in [0.25, 0.3) is 0 Å². The van der Waals surface area contributed by atoms with Crippen LogP contribution in [0, 0.1) is 12.3 Å². The summed E-state index contributed by atoms with van der Waals surface area (Å²) in [5.74, 6) is -0.134. The van der Waals surface area contributed by atoms with E-state index in [-0.39, 0.29) is 17.2 Å². The molecule has 1 N–H and O–H groups in total. The van der Waals surface area contributed by atoms with Gasteiger partial charge in [0, 0.05) is 18.4 Å². The van der Waals surface area contributed by atoms with E-state index < -0.39 is 12.1 Å². The second-order valence-electron chi connectivity index (χ2n) is 6.76. The van der Waals surface area contributed by atoms with Gasteiger partial charge in [-0.15, -0.1) is 0 Å². The van der Waals surface area contributed by atoms with Crippen LogP contribution in [0.15, 0.2) is 18.3 Å². The standard InChI is InChI=1S/C16H23N3O2/c1-10-6-7-12(8-17-10)9-19-11(2)14(20)18-13(15(19)21)16(3,4)5/h6-8,11,13H,9H2,1-5H3,(H,18,20). The highest BCUT2D eigenvalue weighted by molar-refractivity contribution is 5.97. The molecular weight excluding hydrogens is 266 g/mol. The average molecular weight is 289 g/mol. The Labute approximate surface area is 125 Å². The number of rotatable bonds is 2. The Hall–Kier alpha value is -1.91. The third-order valence-corrected chi connectivity index (χ3v) is 3.86. The van der Waals surface area contributed by atoms with E-state index in [1.54, 1.807) is 18.0 Å². The maximum atomic E-state index is 12.7. The maximum absolute atomic E-state index is 12.7. The Morgan fingerprint density at radius 3 is 2.48 bits per heavy atom. The molecular formula is C16H23N3O2. The van der Waals surface area contributed by atoms with Crippen LogP contribution in [0.5, 0.6) is 0 Å². The summed E-state index contributed by atoms with van der Waals surface area (Å²) in [5.41, 5.74) is 1.56. The van der Waals surface area contributed by atoms with Crippen LogP contribution >= 0.6 is 0 Å². The molecule has 1 fully saturated rings. The monoisotopic (exact) mass is 289 g/mol. The molecule has 114 valence electrons. The summed E-state index contributed by atoms with van der Waals surface area (Å²) < 4.78 is 0. The predicted molar refractivity (Wildman–Crippen MR) is 80.4 cm³/mol. The molecule has 0 aromatic carbocycles. The molecule has 1 aliphatic heterocycles. The molecule has 0 bridgehead atoms. The van der Waals surface area contributed by atoms with E-state index >= 15 is 0 Å². The summed E-state index contributed by atoms with van der Waals surface area (Å²) >= 11 is 0. The summed E-state index contributed by atoms with van der Waals surface area (Å²) in [5, 5.41) is 2.83. The number of pyridine rings is 1. The number of hydrogen-bond donors (Lipinski definition) is 1. The zero-order valence-electron chi connectivity index (χ0n) is 13.3. The zero-order chi connectivity index (χ0) is 15.8. The number of piperazine rings is 1. The van der Waals surface area contributed by atoms with Crippen LogP contribution in [-0.4, -0.2) is 33.8 Å². The van der Waals surface area contributed by atoms with Crippen LogP contribution < -0.4 is 5.32 Å². The van der Waals surface area contributed by atoms with Crippen LogP contribution in [0.4, 0.5) is 0 Å². The minimum absolute atomic E-state index is 0.0322. The van der Waals surface area contributed by atoms with Crippen molar-refractivity contribution in [1.29, 1.82) is 0 Å². The van der Waals surface area contributed by atoms with Crippen molar-refractivity contribution in [2.75, 3.05) is 0 Å². The van der Waals surface area contributed by atoms with Crippen molar-refractivity contribution in [3.63, 3.8) is 0 Å². The molecule has 0 saturated carbocycles. The molecule has 2 unspecified atom stereocenters. The lowest BCUT2D eigenvalue weighted by Gasteiger charge is -2.42. The molecule has 1 aromatic rings. The number of amides is 2. The topological polar surface area (TPSA) is 62.3 Å². The Balaban J connectivity index is 2.24. The van der Waals surface area contributed by atoms with Gasteiger partial charge in [-0.25, -0.2) is 0 Å². The van der Waals surface area contributed by atoms with Crippen molar-refractivity contribution < 1.29 is 9.59 Å². The van der Waals surface area contributed by atoms with Crippen molar-refractivity contribution >= 4 is 11.8 Å². The van der Waals surface area contributed by atoms with Crippen LogP contribution in [0.3, 0.4) is 0 Å². The summed E-state index contributed by atoms with van der Waals surface area (Å²) in [4.78, 5) is 30.7. The van der Waals surface area contributed by atoms with E-state index in [1.165, 1.54) is 0 Å². The van der Waals surface area contributed by atoms with Crippen molar-refractivity contribution in [2.24, 2.45) is 5.41 Å². The Bertz CT molecular complexity index is 546. The molecule has 1 aliphatic rings. The zero-order valence-corrected chi connectivity index (χ0v) is 13.3. The van der Waals surface area contributed by atoms with Crippen molar-refractivity contribution in [3.8, 4) is 0 Å². The minimum atomic E-state index is -0.486. The van der Waals surface area contributed by atoms with Crippen molar-refractivity contribution in [1.82, 2.24) is 15.2 Å². The molecule has 2 amide bonds. The number of carbonyl (C=O) groups excluding carboxylic acids is 2. The van der Waals surface area contributed by atoms with Crippen LogP contribution in [0.2, 0.25) is 0 Å². The van der Waals surface area contributed by atoms with Crippen LogP contribution in [0.1, 0.15) is 39.0 Å². The molecule has 21 heavy (non-hydrogen) atoms. The van der Waals surface area contributed by atoms with E-state index in [1.807, 2.05) is 39.8 Å². The average Bonchev–Trinajstić information content (AvgIpc) is 2.40. The van der Waals surface area contributed by atoms with Gasteiger partial charge in [-0.2, -0.15) is 0 Å². The number of nitrogens with zero attached hydrogens (tertiary/aromatic N) is 2. The number of aromatic nitrogens is 1. The fraction of sp³-hybridized carbons (Fsp3) is 0.562. The van der Waals surface area contributed by atoms with E-state index in [0.29, 0.717) is 6.54 Å². The third-order valence-electron chi connectivity index (χ3n) is 3.86. The van der Waals surface area contributed by atoms with Gasteiger partial charge >= 0.3 is 0 Å². The molecule has 0 aliphatic carbocycles. The molecule has 5 heteroatoms. The third kappa shape index (κ3) is 3.23. The summed E-state index contributed by atoms with van der Waals surface area (Å²) in [6.45, 7) is 9.95. The Morgan fingerprint density at radius 1 is 1.29 bits per heavy atom. The summed E-state index contributed by atoms with van der Waals surface area (Å²) in [6.07, 6.45) is 1.76. The molecule has 2 rings (SSSR count). The fourth-order valence-electron chi connectivity index (χ4n) is 2.41. The molecule has 5 nitrogen and oxygen atoms in total. The number of carbonyl (C=O) groups is 2. The SMILES string of the molecule is Cc1ccc(CN2C(=O)C(C(C)(C)C)NC(=O)C2C)cn1. The van der Waals surface area contributed by atoms with Gasteiger partial charge in [0.2, 0.25) is 11.8 Å². The normalized spacial score (nSPS) is 23.2. The second-order valence-corrected chi connectivity index (χ2v) is 6.76. The second kappa shape index (κ2) is 5.47. The molecule has 1 aromatic heterocycles. The lowest BCUT2D eigenvalue weighted by Crippen LogP contribution is -2.65. The summed E-state index contributed by atoms with van der Waals surface area (Å²) in [6, 6.07) is 2.91.